The van der Waals surface area contributed by atoms with E-state index in [4.69, 9.17) is 4.74 Å². The van der Waals surface area contributed by atoms with Crippen LogP contribution in [-0.4, -0.2) is 35.0 Å². The molecule has 1 aliphatic rings. The topological polar surface area (TPSA) is 15.5 Å². The van der Waals surface area contributed by atoms with Gasteiger partial charge in [-0.15, -0.1) is 0 Å². The number of ether oxygens (including phenoxy) is 1. The van der Waals surface area contributed by atoms with Crippen LogP contribution in [0.25, 0.3) is 0 Å². The van der Waals surface area contributed by atoms with Crippen LogP contribution in [0.2, 0.25) is 0 Å². The van der Waals surface area contributed by atoms with Crippen molar-refractivity contribution in [2.75, 3.05) is 13.2 Å². The van der Waals surface area contributed by atoms with E-state index in [9.17, 15) is 0 Å². The van der Waals surface area contributed by atoms with Gasteiger partial charge in [0, 0.05) is 32.2 Å². The molecule has 0 aliphatic carbocycles. The van der Waals surface area contributed by atoms with Crippen molar-refractivity contribution in [1.29, 1.82) is 0 Å². The Hall–Kier alpha value is -3.24. The third-order valence-corrected chi connectivity index (χ3v) is 6.76. The molecule has 0 amide bonds. The lowest BCUT2D eigenvalue weighted by Gasteiger charge is -2.32. The van der Waals surface area contributed by atoms with Crippen LogP contribution in [0.15, 0.2) is 121 Å². The van der Waals surface area contributed by atoms with Crippen molar-refractivity contribution >= 4 is 0 Å². The lowest BCUT2D eigenvalue weighted by Crippen LogP contribution is -2.43. The van der Waals surface area contributed by atoms with Gasteiger partial charge in [0.25, 0.3) is 0 Å². The Labute approximate surface area is 209 Å². The maximum Gasteiger partial charge on any atom is 0.0717 e. The van der Waals surface area contributed by atoms with Crippen molar-refractivity contribution < 1.29 is 4.74 Å². The Morgan fingerprint density at radius 3 is 1.60 bits per heavy atom. The maximum atomic E-state index is 6.37. The molecule has 35 heavy (non-hydrogen) atoms. The van der Waals surface area contributed by atoms with Gasteiger partial charge in [0.05, 0.1) is 19.3 Å². The summed E-state index contributed by atoms with van der Waals surface area (Å²) in [5.74, 6) is 0. The fraction of sp³-hybridized carbons (Fsp3) is 0.250. The molecule has 0 bridgehead atoms. The minimum absolute atomic E-state index is 0.308. The molecule has 3 atom stereocenters. The summed E-state index contributed by atoms with van der Waals surface area (Å²) in [4.78, 5) is 5.19. The van der Waals surface area contributed by atoms with Crippen LogP contribution in [0.5, 0.6) is 0 Å². The first-order chi connectivity index (χ1) is 17.3. The van der Waals surface area contributed by atoms with Crippen LogP contribution in [0.4, 0.5) is 0 Å². The zero-order valence-electron chi connectivity index (χ0n) is 20.2. The molecule has 0 radical (unpaired) electrons. The van der Waals surface area contributed by atoms with Gasteiger partial charge in [-0.25, -0.2) is 0 Å². The van der Waals surface area contributed by atoms with Gasteiger partial charge in [0.1, 0.15) is 0 Å². The van der Waals surface area contributed by atoms with Crippen LogP contribution in [0, 0.1) is 0 Å². The predicted octanol–water partition coefficient (Wildman–Crippen LogP) is 6.16. The zero-order valence-corrected chi connectivity index (χ0v) is 20.2. The average molecular weight is 463 g/mol. The Morgan fingerprint density at radius 1 is 0.629 bits per heavy atom. The highest BCUT2D eigenvalue weighted by molar-refractivity contribution is 5.20. The molecule has 4 aromatic carbocycles. The fourth-order valence-electron chi connectivity index (χ4n) is 4.82. The lowest BCUT2D eigenvalue weighted by atomic mass is 10.1. The summed E-state index contributed by atoms with van der Waals surface area (Å²) in [6.45, 7) is 5.27. The molecule has 1 aliphatic heterocycles. The molecule has 3 nitrogen and oxygen atoms in total. The summed E-state index contributed by atoms with van der Waals surface area (Å²) >= 11 is 0. The highest BCUT2D eigenvalue weighted by Crippen LogP contribution is 2.29. The van der Waals surface area contributed by atoms with Gasteiger partial charge < -0.3 is 4.74 Å². The molecular formula is C32H34N2O. The van der Waals surface area contributed by atoms with Crippen molar-refractivity contribution in [3.05, 3.63) is 144 Å². The van der Waals surface area contributed by atoms with E-state index in [0.29, 0.717) is 25.3 Å². The number of hydrogen-bond donors (Lipinski definition) is 0. The molecule has 3 heteroatoms. The Kier molecular flexibility index (Phi) is 8.02. The summed E-state index contributed by atoms with van der Waals surface area (Å²) in [7, 11) is 0. The van der Waals surface area contributed by atoms with E-state index in [-0.39, 0.29) is 0 Å². The second-order valence-corrected chi connectivity index (χ2v) is 9.43. The third kappa shape index (κ3) is 6.89. The van der Waals surface area contributed by atoms with Crippen molar-refractivity contribution in [2.24, 2.45) is 0 Å². The Bertz CT molecular complexity index is 1090. The zero-order chi connectivity index (χ0) is 23.7. The molecule has 5 rings (SSSR count). The molecule has 1 unspecified atom stereocenters. The first-order valence-corrected chi connectivity index (χ1v) is 12.6. The molecule has 1 saturated heterocycles. The molecule has 1 heterocycles. The minimum atomic E-state index is 0.308. The van der Waals surface area contributed by atoms with E-state index >= 15 is 0 Å². The first kappa shape index (κ1) is 23.5. The van der Waals surface area contributed by atoms with Crippen LogP contribution in [0.1, 0.15) is 22.3 Å². The highest BCUT2D eigenvalue weighted by Gasteiger charge is 2.43. The average Bonchev–Trinajstić information content (AvgIpc) is 3.67. The first-order valence-electron chi connectivity index (χ1n) is 12.6. The smallest absolute Gasteiger partial charge is 0.0717 e. The van der Waals surface area contributed by atoms with Gasteiger partial charge in [-0.1, -0.05) is 121 Å². The van der Waals surface area contributed by atoms with Gasteiger partial charge in [0.2, 0.25) is 0 Å². The van der Waals surface area contributed by atoms with Gasteiger partial charge in [-0.2, -0.15) is 0 Å². The summed E-state index contributed by atoms with van der Waals surface area (Å²) < 4.78 is 6.37. The normalized spacial score (nSPS) is 17.9. The second-order valence-electron chi connectivity index (χ2n) is 9.43. The van der Waals surface area contributed by atoms with E-state index in [0.717, 1.165) is 26.2 Å². The summed E-state index contributed by atoms with van der Waals surface area (Å²) in [6, 6.07) is 43.7. The van der Waals surface area contributed by atoms with E-state index < -0.39 is 0 Å². The quantitative estimate of drug-likeness (QED) is 0.235. The summed E-state index contributed by atoms with van der Waals surface area (Å²) in [5.41, 5.74) is 5.27. The summed E-state index contributed by atoms with van der Waals surface area (Å²) in [5, 5.41) is 0. The van der Waals surface area contributed by atoms with Crippen molar-refractivity contribution in [2.45, 2.75) is 38.3 Å². The van der Waals surface area contributed by atoms with Crippen LogP contribution < -0.4 is 0 Å². The predicted molar refractivity (Wildman–Crippen MR) is 143 cm³/mol. The second kappa shape index (κ2) is 11.9. The minimum Gasteiger partial charge on any atom is -0.375 e. The molecule has 0 aromatic heterocycles. The van der Waals surface area contributed by atoms with Crippen molar-refractivity contribution in [3.63, 3.8) is 0 Å². The molecule has 1 fully saturated rings. The van der Waals surface area contributed by atoms with Crippen LogP contribution in [0.3, 0.4) is 0 Å². The van der Waals surface area contributed by atoms with Crippen LogP contribution >= 0.6 is 0 Å². The molecule has 0 spiro atoms. The van der Waals surface area contributed by atoms with Crippen molar-refractivity contribution in [3.8, 4) is 0 Å². The van der Waals surface area contributed by atoms with E-state index in [1.807, 2.05) is 0 Å². The Balaban J connectivity index is 1.35. The van der Waals surface area contributed by atoms with E-state index in [2.05, 4.69) is 131 Å². The Morgan fingerprint density at radius 2 is 1.09 bits per heavy atom. The number of hydrogen-bond acceptors (Lipinski definition) is 3. The van der Waals surface area contributed by atoms with E-state index in [1.54, 1.807) is 0 Å². The van der Waals surface area contributed by atoms with E-state index in [1.165, 1.54) is 22.3 Å². The van der Waals surface area contributed by atoms with Gasteiger partial charge in [-0.3, -0.25) is 9.80 Å². The molecule has 178 valence electrons. The summed E-state index contributed by atoms with van der Waals surface area (Å²) in [6.07, 6.45) is 0. The number of benzene rings is 4. The largest absolute Gasteiger partial charge is 0.375 e. The van der Waals surface area contributed by atoms with Crippen molar-refractivity contribution in [1.82, 2.24) is 9.80 Å². The molecular weight excluding hydrogens is 428 g/mol. The highest BCUT2D eigenvalue weighted by atomic mass is 16.5. The van der Waals surface area contributed by atoms with Gasteiger partial charge >= 0.3 is 0 Å². The lowest BCUT2D eigenvalue weighted by molar-refractivity contribution is 0.0366. The monoisotopic (exact) mass is 462 g/mol. The number of rotatable bonds is 12. The van der Waals surface area contributed by atoms with Crippen LogP contribution in [-0.2, 0) is 31.0 Å². The van der Waals surface area contributed by atoms with Gasteiger partial charge in [-0.05, 0) is 22.3 Å². The number of nitrogens with zero attached hydrogens (tertiary/aromatic N) is 2. The standard InChI is InChI=1S/C32H34N2O/c1-5-13-27(14-6-1)21-33(22-28-15-7-2-8-16-28)32(26-35-25-30-19-11-4-12-20-30)31-24-34(31)23-29-17-9-3-10-18-29/h1-20,31-32H,21-26H2/t31-,32-,34?/m0/s1. The fourth-order valence-corrected chi connectivity index (χ4v) is 4.82. The third-order valence-electron chi connectivity index (χ3n) is 6.76. The maximum absolute atomic E-state index is 6.37. The molecule has 0 saturated carbocycles. The SMILES string of the molecule is c1ccc(COC[C@@H]([C@@H]2CN2Cc2ccccc2)N(Cc2ccccc2)Cc2ccccc2)cc1. The molecule has 4 aromatic rings. The van der Waals surface area contributed by atoms with Gasteiger partial charge in [0.15, 0.2) is 0 Å². The molecule has 0 N–H and O–H groups in total.